The number of dihydropyridines is 1. The first-order valence-corrected chi connectivity index (χ1v) is 19.8. The summed E-state index contributed by atoms with van der Waals surface area (Å²) in [5.41, 5.74) is 12.0. The minimum atomic E-state index is -0.123. The molecule has 3 heterocycles. The third-order valence-corrected chi connectivity index (χ3v) is 11.7. The van der Waals surface area contributed by atoms with E-state index in [1.807, 2.05) is 0 Å². The van der Waals surface area contributed by atoms with E-state index in [0.29, 0.717) is 6.54 Å². The zero-order valence-electron chi connectivity index (χ0n) is 31.4. The number of nitrogens with one attached hydrogen (secondary N) is 4. The van der Waals surface area contributed by atoms with Gasteiger partial charge in [-0.15, -0.1) is 0 Å². The standard InChI is InChI=1S/C52H41N5/c1-4-14-34(15-5-1)39-26-28-44-47(31-39)57(48-32-45(36-17-6-2-7-18-36)42-22-12-13-23-43(42)49(44)48)41-27-29-46(53-33-41)52-55-50(37-19-8-3-9-20-37)54-51(56-52)40-25-24-35-16-10-11-21-38(35)30-40/h1-32,50-56H,33H2. The molecule has 2 aliphatic heterocycles. The molecule has 1 saturated heterocycles. The third-order valence-electron chi connectivity index (χ3n) is 11.7. The molecule has 0 bridgehead atoms. The molecule has 4 N–H and O–H groups in total. The van der Waals surface area contributed by atoms with Crippen LogP contribution < -0.4 is 21.3 Å². The van der Waals surface area contributed by atoms with Gasteiger partial charge in [-0.2, -0.15) is 0 Å². The fourth-order valence-corrected chi connectivity index (χ4v) is 8.94. The van der Waals surface area contributed by atoms with Crippen LogP contribution in [0.4, 0.5) is 0 Å². The lowest BCUT2D eigenvalue weighted by atomic mass is 9.94. The van der Waals surface area contributed by atoms with Gasteiger partial charge in [0, 0.05) is 22.2 Å². The highest BCUT2D eigenvalue weighted by atomic mass is 15.4. The number of aromatic nitrogens is 1. The monoisotopic (exact) mass is 735 g/mol. The van der Waals surface area contributed by atoms with Gasteiger partial charge in [0.2, 0.25) is 0 Å². The van der Waals surface area contributed by atoms with Crippen molar-refractivity contribution in [2.24, 2.45) is 0 Å². The van der Waals surface area contributed by atoms with E-state index in [2.05, 4.69) is 220 Å². The maximum Gasteiger partial charge on any atom is 0.101 e. The highest BCUT2D eigenvalue weighted by molar-refractivity contribution is 6.25. The van der Waals surface area contributed by atoms with Gasteiger partial charge < -0.3 is 9.88 Å². The van der Waals surface area contributed by atoms with Crippen LogP contribution in [0, 0.1) is 0 Å². The Balaban J connectivity index is 1.05. The first-order valence-electron chi connectivity index (χ1n) is 19.8. The number of rotatable bonds is 6. The van der Waals surface area contributed by atoms with Gasteiger partial charge in [0.1, 0.15) is 6.17 Å². The Hall–Kier alpha value is -6.76. The van der Waals surface area contributed by atoms with E-state index in [4.69, 9.17) is 0 Å². The maximum atomic E-state index is 3.90. The van der Waals surface area contributed by atoms with Gasteiger partial charge in [0.25, 0.3) is 0 Å². The second kappa shape index (κ2) is 14.1. The second-order valence-electron chi connectivity index (χ2n) is 15.1. The number of fused-ring (bicyclic) bond motifs is 6. The number of allylic oxidation sites excluding steroid dienone is 2. The highest BCUT2D eigenvalue weighted by Crippen LogP contribution is 2.42. The Kier molecular flexibility index (Phi) is 8.29. The molecular formula is C52H41N5. The zero-order chi connectivity index (χ0) is 37.7. The van der Waals surface area contributed by atoms with Crippen LogP contribution >= 0.6 is 0 Å². The van der Waals surface area contributed by atoms with Gasteiger partial charge in [-0.3, -0.25) is 16.0 Å². The third kappa shape index (κ3) is 6.01. The van der Waals surface area contributed by atoms with Gasteiger partial charge >= 0.3 is 0 Å². The molecule has 5 nitrogen and oxygen atoms in total. The van der Waals surface area contributed by atoms with E-state index in [1.165, 1.54) is 82.4 Å². The van der Waals surface area contributed by atoms with Gasteiger partial charge in [-0.05, 0) is 85.3 Å². The summed E-state index contributed by atoms with van der Waals surface area (Å²) in [5, 5.41) is 23.0. The zero-order valence-corrected chi connectivity index (χ0v) is 31.4. The van der Waals surface area contributed by atoms with E-state index < -0.39 is 0 Å². The van der Waals surface area contributed by atoms with E-state index in [0.717, 1.165) is 5.70 Å². The van der Waals surface area contributed by atoms with Crippen molar-refractivity contribution in [3.8, 4) is 22.3 Å². The van der Waals surface area contributed by atoms with Crippen molar-refractivity contribution < 1.29 is 0 Å². The smallest absolute Gasteiger partial charge is 0.101 e. The van der Waals surface area contributed by atoms with Crippen molar-refractivity contribution in [1.29, 1.82) is 0 Å². The lowest BCUT2D eigenvalue weighted by Gasteiger charge is -2.41. The molecular weight excluding hydrogens is 695 g/mol. The van der Waals surface area contributed by atoms with Crippen molar-refractivity contribution in [2.45, 2.75) is 18.5 Å². The predicted octanol–water partition coefficient (Wildman–Crippen LogP) is 11.3. The minimum absolute atomic E-state index is 0.0552. The van der Waals surface area contributed by atoms with E-state index >= 15 is 0 Å². The summed E-state index contributed by atoms with van der Waals surface area (Å²) in [6.07, 6.45) is 4.32. The molecule has 11 rings (SSSR count). The van der Waals surface area contributed by atoms with Crippen LogP contribution in [0.3, 0.4) is 0 Å². The average Bonchev–Trinajstić information content (AvgIpc) is 3.63. The molecule has 2 aliphatic rings. The van der Waals surface area contributed by atoms with Crippen molar-refractivity contribution in [3.05, 3.63) is 211 Å². The summed E-state index contributed by atoms with van der Waals surface area (Å²) in [4.78, 5) is 0. The molecule has 1 fully saturated rings. The Labute approximate surface area is 332 Å². The molecule has 57 heavy (non-hydrogen) atoms. The molecule has 0 radical (unpaired) electrons. The Morgan fingerprint density at radius 3 is 1.82 bits per heavy atom. The molecule has 0 spiro atoms. The minimum Gasteiger partial charge on any atom is -0.380 e. The Morgan fingerprint density at radius 2 is 1.07 bits per heavy atom. The van der Waals surface area contributed by atoms with Crippen LogP contribution in [-0.2, 0) is 0 Å². The summed E-state index contributed by atoms with van der Waals surface area (Å²) >= 11 is 0. The number of hydrogen-bond acceptors (Lipinski definition) is 4. The molecule has 0 saturated carbocycles. The van der Waals surface area contributed by atoms with Gasteiger partial charge in [0.05, 0.1) is 29.9 Å². The predicted molar refractivity (Wildman–Crippen MR) is 237 cm³/mol. The van der Waals surface area contributed by atoms with E-state index in [1.54, 1.807) is 0 Å². The van der Waals surface area contributed by atoms with Crippen LogP contribution in [0.5, 0.6) is 0 Å². The van der Waals surface area contributed by atoms with Crippen molar-refractivity contribution >= 4 is 49.0 Å². The lowest BCUT2D eigenvalue weighted by molar-refractivity contribution is 0.217. The van der Waals surface area contributed by atoms with Crippen LogP contribution in [-0.4, -0.2) is 17.3 Å². The Morgan fingerprint density at radius 1 is 0.421 bits per heavy atom. The van der Waals surface area contributed by atoms with E-state index in [9.17, 15) is 0 Å². The van der Waals surface area contributed by atoms with Crippen molar-refractivity contribution in [2.75, 3.05) is 6.54 Å². The van der Waals surface area contributed by atoms with Crippen molar-refractivity contribution in [3.63, 3.8) is 0 Å². The summed E-state index contributed by atoms with van der Waals surface area (Å²) in [5.74, 6) is 0. The molecule has 0 amide bonds. The molecule has 274 valence electrons. The topological polar surface area (TPSA) is 53.0 Å². The molecule has 3 atom stereocenters. The van der Waals surface area contributed by atoms with Gasteiger partial charge in [0.15, 0.2) is 0 Å². The lowest BCUT2D eigenvalue weighted by Crippen LogP contribution is -2.61. The SMILES string of the molecule is C1=C(C2NC(c3ccccc3)NC(c3ccc4ccccc4c3)N2)NCC(n2c3cc(-c4ccccc4)ccc3c3c4ccccc4c(-c4ccccc4)cc32)=C1. The van der Waals surface area contributed by atoms with Gasteiger partial charge in [-0.1, -0.05) is 164 Å². The molecule has 3 unspecified atom stereocenters. The summed E-state index contributed by atoms with van der Waals surface area (Å²) < 4.78 is 2.49. The average molecular weight is 736 g/mol. The molecule has 1 aromatic heterocycles. The van der Waals surface area contributed by atoms with Gasteiger partial charge in [-0.25, -0.2) is 0 Å². The van der Waals surface area contributed by atoms with Crippen LogP contribution in [0.2, 0.25) is 0 Å². The molecule has 8 aromatic carbocycles. The summed E-state index contributed by atoms with van der Waals surface area (Å²) in [6, 6.07) is 65.7. The number of hydrogen-bond donors (Lipinski definition) is 4. The van der Waals surface area contributed by atoms with Crippen LogP contribution in [0.15, 0.2) is 200 Å². The van der Waals surface area contributed by atoms with Crippen molar-refractivity contribution in [1.82, 2.24) is 25.8 Å². The maximum absolute atomic E-state index is 3.90. The quantitative estimate of drug-likeness (QED) is 0.137. The highest BCUT2D eigenvalue weighted by Gasteiger charge is 2.32. The molecule has 0 aliphatic carbocycles. The fraction of sp³-hybridized carbons (Fsp3) is 0.0769. The van der Waals surface area contributed by atoms with Crippen LogP contribution in [0.25, 0.3) is 71.3 Å². The first-order chi connectivity index (χ1) is 28.2. The van der Waals surface area contributed by atoms with E-state index in [-0.39, 0.29) is 18.5 Å². The Bertz CT molecular complexity index is 3000. The first kappa shape index (κ1) is 33.6. The second-order valence-corrected chi connectivity index (χ2v) is 15.1. The number of benzene rings is 8. The molecule has 9 aromatic rings. The summed E-state index contributed by atoms with van der Waals surface area (Å²) in [7, 11) is 0. The normalized spacial score (nSPS) is 18.4. The fourth-order valence-electron chi connectivity index (χ4n) is 8.94. The molecule has 5 heteroatoms. The summed E-state index contributed by atoms with van der Waals surface area (Å²) in [6.45, 7) is 0.664. The largest absolute Gasteiger partial charge is 0.380 e. The van der Waals surface area contributed by atoms with Crippen LogP contribution in [0.1, 0.15) is 23.5 Å². The number of nitrogens with zero attached hydrogens (tertiary/aromatic N) is 1.